The van der Waals surface area contributed by atoms with Crippen molar-refractivity contribution < 1.29 is 4.79 Å². The van der Waals surface area contributed by atoms with Crippen molar-refractivity contribution in [3.05, 3.63) is 35.4 Å². The maximum absolute atomic E-state index is 10.5. The summed E-state index contributed by atoms with van der Waals surface area (Å²) in [6, 6.07) is 8.16. The summed E-state index contributed by atoms with van der Waals surface area (Å²) in [5, 5.41) is 0. The Labute approximate surface area is 90.0 Å². The molecule has 0 spiro atoms. The second-order valence-electron chi connectivity index (χ2n) is 4.56. The lowest BCUT2D eigenvalue weighted by Gasteiger charge is -2.43. The predicted molar refractivity (Wildman–Crippen MR) is 59.4 cm³/mol. The Kier molecular flexibility index (Phi) is 2.45. The summed E-state index contributed by atoms with van der Waals surface area (Å²) < 4.78 is 0. The number of carbonyl (C=O) groups excluding carboxylic acids is 1. The van der Waals surface area contributed by atoms with Gasteiger partial charge in [0.2, 0.25) is 6.08 Å². The Morgan fingerprint density at radius 3 is 2.60 bits per heavy atom. The van der Waals surface area contributed by atoms with Gasteiger partial charge in [-0.25, -0.2) is 4.79 Å². The van der Waals surface area contributed by atoms with E-state index >= 15 is 0 Å². The fourth-order valence-corrected chi connectivity index (χ4v) is 2.65. The molecule has 0 amide bonds. The first-order valence-corrected chi connectivity index (χ1v) is 5.33. The molecule has 0 aliphatic heterocycles. The van der Waals surface area contributed by atoms with Gasteiger partial charge in [-0.1, -0.05) is 31.2 Å². The summed E-state index contributed by atoms with van der Waals surface area (Å²) in [7, 11) is 0. The van der Waals surface area contributed by atoms with Crippen molar-refractivity contribution in [1.82, 2.24) is 0 Å². The molecule has 0 unspecified atom stereocenters. The molecule has 2 nitrogen and oxygen atoms in total. The quantitative estimate of drug-likeness (QED) is 0.534. The summed E-state index contributed by atoms with van der Waals surface area (Å²) in [5.74, 6) is 0.654. The van der Waals surface area contributed by atoms with Crippen molar-refractivity contribution in [2.45, 2.75) is 32.2 Å². The maximum Gasteiger partial charge on any atom is 0.235 e. The minimum atomic E-state index is -0.271. The van der Waals surface area contributed by atoms with Crippen LogP contribution in [0.15, 0.2) is 29.3 Å². The highest BCUT2D eigenvalue weighted by Crippen LogP contribution is 2.49. The van der Waals surface area contributed by atoms with Gasteiger partial charge in [0.05, 0.1) is 5.54 Å². The van der Waals surface area contributed by atoms with Crippen molar-refractivity contribution in [1.29, 1.82) is 0 Å². The average Bonchev–Trinajstić information content (AvgIpc) is 2.16. The number of aliphatic imine (C=N–C) groups is 1. The van der Waals surface area contributed by atoms with Gasteiger partial charge in [-0.3, -0.25) is 0 Å². The fraction of sp³-hybridized carbons (Fsp3) is 0.462. The monoisotopic (exact) mass is 201 g/mol. The summed E-state index contributed by atoms with van der Waals surface area (Å²) in [6.45, 7) is 4.26. The number of hydrogen-bond donors (Lipinski definition) is 0. The lowest BCUT2D eigenvalue weighted by Crippen LogP contribution is -2.38. The first-order chi connectivity index (χ1) is 7.18. The van der Waals surface area contributed by atoms with Crippen LogP contribution in [0.1, 0.15) is 30.9 Å². The number of aryl methyl sites for hydroxylation is 1. The highest BCUT2D eigenvalue weighted by molar-refractivity contribution is 5.42. The van der Waals surface area contributed by atoms with Gasteiger partial charge in [0.25, 0.3) is 0 Å². The fourth-order valence-electron chi connectivity index (χ4n) is 2.65. The van der Waals surface area contributed by atoms with E-state index in [0.717, 1.165) is 12.8 Å². The second kappa shape index (κ2) is 3.63. The molecule has 0 bridgehead atoms. The van der Waals surface area contributed by atoms with E-state index in [4.69, 9.17) is 0 Å². The molecular weight excluding hydrogens is 186 g/mol. The lowest BCUT2D eigenvalue weighted by molar-refractivity contribution is 0.165. The van der Waals surface area contributed by atoms with Gasteiger partial charge in [0.1, 0.15) is 0 Å². The van der Waals surface area contributed by atoms with E-state index in [1.807, 2.05) is 12.1 Å². The topological polar surface area (TPSA) is 29.4 Å². The summed E-state index contributed by atoms with van der Waals surface area (Å²) >= 11 is 0. The summed E-state index contributed by atoms with van der Waals surface area (Å²) in [5.41, 5.74) is 2.13. The van der Waals surface area contributed by atoms with Gasteiger partial charge in [0, 0.05) is 0 Å². The molecule has 0 atom stereocenters. The number of rotatable bonds is 2. The zero-order valence-electron chi connectivity index (χ0n) is 9.16. The van der Waals surface area contributed by atoms with E-state index in [1.165, 1.54) is 11.1 Å². The van der Waals surface area contributed by atoms with E-state index in [-0.39, 0.29) is 5.54 Å². The van der Waals surface area contributed by atoms with Gasteiger partial charge in [-0.2, -0.15) is 4.99 Å². The van der Waals surface area contributed by atoms with Crippen molar-refractivity contribution in [2.24, 2.45) is 10.9 Å². The van der Waals surface area contributed by atoms with Gasteiger partial charge in [0.15, 0.2) is 0 Å². The van der Waals surface area contributed by atoms with Crippen LogP contribution in [0.4, 0.5) is 0 Å². The zero-order chi connectivity index (χ0) is 10.9. The predicted octanol–water partition coefficient (Wildman–Crippen LogP) is 2.96. The average molecular weight is 201 g/mol. The van der Waals surface area contributed by atoms with Gasteiger partial charge in [-0.15, -0.1) is 0 Å². The van der Waals surface area contributed by atoms with Crippen LogP contribution < -0.4 is 0 Å². The lowest BCUT2D eigenvalue weighted by atomic mass is 9.65. The molecule has 1 aromatic carbocycles. The van der Waals surface area contributed by atoms with Gasteiger partial charge < -0.3 is 0 Å². The Morgan fingerprint density at radius 2 is 2.07 bits per heavy atom. The van der Waals surface area contributed by atoms with Crippen LogP contribution in [-0.2, 0) is 10.3 Å². The molecular formula is C13H15NO. The summed E-state index contributed by atoms with van der Waals surface area (Å²) in [6.07, 6.45) is 3.66. The van der Waals surface area contributed by atoms with E-state index < -0.39 is 0 Å². The molecule has 0 N–H and O–H groups in total. The number of isocyanates is 1. The van der Waals surface area contributed by atoms with Gasteiger partial charge >= 0.3 is 0 Å². The zero-order valence-corrected chi connectivity index (χ0v) is 9.16. The van der Waals surface area contributed by atoms with Crippen LogP contribution in [-0.4, -0.2) is 6.08 Å². The maximum atomic E-state index is 10.5. The number of hydrogen-bond acceptors (Lipinski definition) is 2. The highest BCUT2D eigenvalue weighted by atomic mass is 16.1. The Balaban J connectivity index is 2.43. The first-order valence-electron chi connectivity index (χ1n) is 5.33. The van der Waals surface area contributed by atoms with Crippen LogP contribution in [0, 0.1) is 12.8 Å². The van der Waals surface area contributed by atoms with Crippen LogP contribution >= 0.6 is 0 Å². The standard InChI is InChI=1S/C13H15NO/c1-10-7-13(8-10,14-9-15)12-6-4-3-5-11(12)2/h3-6,10H,7-8H2,1-2H3. The molecule has 2 rings (SSSR count). The molecule has 0 heterocycles. The molecule has 15 heavy (non-hydrogen) atoms. The molecule has 0 aromatic heterocycles. The molecule has 2 heteroatoms. The molecule has 1 saturated carbocycles. The smallest absolute Gasteiger partial charge is 0.211 e. The number of nitrogens with zero attached hydrogens (tertiary/aromatic N) is 1. The molecule has 1 aliphatic carbocycles. The third-order valence-corrected chi connectivity index (χ3v) is 3.28. The normalized spacial score (nSPS) is 29.1. The van der Waals surface area contributed by atoms with Crippen LogP contribution in [0.2, 0.25) is 0 Å². The van der Waals surface area contributed by atoms with Crippen LogP contribution in [0.25, 0.3) is 0 Å². The Bertz CT molecular complexity index is 412. The molecule has 78 valence electrons. The van der Waals surface area contributed by atoms with E-state index in [1.54, 1.807) is 6.08 Å². The SMILES string of the molecule is Cc1ccccc1C1(N=C=O)CC(C)C1. The third-order valence-electron chi connectivity index (χ3n) is 3.28. The van der Waals surface area contributed by atoms with E-state index in [9.17, 15) is 4.79 Å². The molecule has 0 radical (unpaired) electrons. The van der Waals surface area contributed by atoms with Crippen molar-refractivity contribution in [2.75, 3.05) is 0 Å². The largest absolute Gasteiger partial charge is 0.235 e. The molecule has 0 saturated heterocycles. The second-order valence-corrected chi connectivity index (χ2v) is 4.56. The Morgan fingerprint density at radius 1 is 1.40 bits per heavy atom. The van der Waals surface area contributed by atoms with E-state index in [2.05, 4.69) is 31.0 Å². The molecule has 1 fully saturated rings. The first kappa shape index (κ1) is 10.1. The van der Waals surface area contributed by atoms with Gasteiger partial charge in [-0.05, 0) is 36.8 Å². The minimum absolute atomic E-state index is 0.271. The third kappa shape index (κ3) is 1.62. The summed E-state index contributed by atoms with van der Waals surface area (Å²) in [4.78, 5) is 14.6. The van der Waals surface area contributed by atoms with Crippen molar-refractivity contribution in [3.63, 3.8) is 0 Å². The van der Waals surface area contributed by atoms with E-state index in [0.29, 0.717) is 5.92 Å². The molecule has 1 aromatic rings. The Hall–Kier alpha value is -1.40. The number of benzene rings is 1. The van der Waals surface area contributed by atoms with Crippen molar-refractivity contribution >= 4 is 6.08 Å². The van der Waals surface area contributed by atoms with Crippen LogP contribution in [0.5, 0.6) is 0 Å². The minimum Gasteiger partial charge on any atom is -0.211 e. The molecule has 1 aliphatic rings. The van der Waals surface area contributed by atoms with Crippen molar-refractivity contribution in [3.8, 4) is 0 Å². The highest BCUT2D eigenvalue weighted by Gasteiger charge is 2.44. The van der Waals surface area contributed by atoms with Crippen LogP contribution in [0.3, 0.4) is 0 Å².